The van der Waals surface area contributed by atoms with Crippen LogP contribution in [-0.2, 0) is 20.9 Å². The first-order valence-electron chi connectivity index (χ1n) is 12.8. The van der Waals surface area contributed by atoms with Crippen LogP contribution in [-0.4, -0.2) is 67.6 Å². The second-order valence-corrected chi connectivity index (χ2v) is 10.1. The molecule has 2 saturated carbocycles. The second-order valence-electron chi connectivity index (χ2n) is 10.1. The first kappa shape index (κ1) is 24.0. The van der Waals surface area contributed by atoms with Crippen molar-refractivity contribution in [1.82, 2.24) is 14.8 Å². The lowest BCUT2D eigenvalue weighted by atomic mass is 9.79. The van der Waals surface area contributed by atoms with Crippen molar-refractivity contribution >= 4 is 28.4 Å². The number of aryl methyl sites for hydroxylation is 1. The summed E-state index contributed by atoms with van der Waals surface area (Å²) in [5.74, 6) is -0.948. The van der Waals surface area contributed by atoms with Gasteiger partial charge in [-0.1, -0.05) is 5.16 Å². The third-order valence-electron chi connectivity index (χ3n) is 7.83. The van der Waals surface area contributed by atoms with Crippen LogP contribution >= 0.6 is 0 Å². The molecule has 10 nitrogen and oxygen atoms in total. The van der Waals surface area contributed by atoms with Gasteiger partial charge in [-0.3, -0.25) is 4.79 Å². The number of anilines is 1. The highest BCUT2D eigenvalue weighted by molar-refractivity contribution is 6.10. The molecule has 3 heterocycles. The van der Waals surface area contributed by atoms with E-state index in [-0.39, 0.29) is 30.3 Å². The molecule has 1 aliphatic heterocycles. The Kier molecular flexibility index (Phi) is 6.93. The molecule has 2 aromatic heterocycles. The first-order valence-corrected chi connectivity index (χ1v) is 12.8. The Hall–Kier alpha value is -2.72. The van der Waals surface area contributed by atoms with Gasteiger partial charge in [-0.25, -0.2) is 9.67 Å². The van der Waals surface area contributed by atoms with E-state index in [4.69, 9.17) is 19.7 Å². The van der Waals surface area contributed by atoms with Crippen molar-refractivity contribution in [2.45, 2.75) is 89.0 Å². The molecule has 2 fully saturated rings. The standard InChI is InChI=1S/C25H35N5O5/c1-2-30-23-20(15-27-30)22(28-17-5-3-16(4-6-17)24(32)33)19(14-26-23)21-13-25(35-29-21)9-7-18(8-10-25)34-12-11-31/h14-18,31H,2-13H2,1H3,(H,26,28)(H,32,33). The number of aliphatic hydroxyl groups is 1. The number of nitrogens with one attached hydrogen (secondary N) is 1. The number of carboxylic acid groups (broad SMARTS) is 1. The van der Waals surface area contributed by atoms with Crippen LogP contribution < -0.4 is 5.32 Å². The van der Waals surface area contributed by atoms with Crippen molar-refractivity contribution in [2.24, 2.45) is 11.1 Å². The van der Waals surface area contributed by atoms with Gasteiger partial charge in [-0.2, -0.15) is 5.10 Å². The van der Waals surface area contributed by atoms with E-state index >= 15 is 0 Å². The van der Waals surface area contributed by atoms with Crippen molar-refractivity contribution in [3.05, 3.63) is 18.0 Å². The topological polar surface area (TPSA) is 131 Å². The molecule has 0 radical (unpaired) electrons. The molecule has 0 bridgehead atoms. The Labute approximate surface area is 204 Å². The van der Waals surface area contributed by atoms with E-state index in [0.29, 0.717) is 19.4 Å². The van der Waals surface area contributed by atoms with Crippen LogP contribution in [0, 0.1) is 5.92 Å². The molecule has 35 heavy (non-hydrogen) atoms. The molecule has 190 valence electrons. The maximum atomic E-state index is 11.4. The lowest BCUT2D eigenvalue weighted by Crippen LogP contribution is -2.37. The summed E-state index contributed by atoms with van der Waals surface area (Å²) in [7, 11) is 0. The quantitative estimate of drug-likeness (QED) is 0.519. The van der Waals surface area contributed by atoms with E-state index in [2.05, 4.69) is 15.6 Å². The van der Waals surface area contributed by atoms with E-state index < -0.39 is 5.97 Å². The number of carbonyl (C=O) groups is 1. The maximum absolute atomic E-state index is 11.4. The summed E-state index contributed by atoms with van der Waals surface area (Å²) in [6.45, 7) is 3.19. The normalized spacial score (nSPS) is 28.7. The number of oxime groups is 1. The number of hydrogen-bond acceptors (Lipinski definition) is 8. The molecule has 2 aliphatic carbocycles. The van der Waals surface area contributed by atoms with Crippen LogP contribution in [0.15, 0.2) is 17.5 Å². The van der Waals surface area contributed by atoms with E-state index in [0.717, 1.165) is 79.5 Å². The molecule has 0 aromatic carbocycles. The minimum absolute atomic E-state index is 0.0449. The SMILES string of the molecule is CCn1ncc2c(NC3CCC(C(=O)O)CC3)c(C3=NOC4(CCC(OCCO)CC4)C3)cnc21. The smallest absolute Gasteiger partial charge is 0.306 e. The van der Waals surface area contributed by atoms with Gasteiger partial charge in [-0.15, -0.1) is 0 Å². The fourth-order valence-electron chi connectivity index (χ4n) is 5.76. The number of aromatic nitrogens is 3. The molecule has 5 rings (SSSR count). The van der Waals surface area contributed by atoms with Crippen LogP contribution in [0.1, 0.15) is 70.3 Å². The number of ether oxygens (including phenoxy) is 1. The molecular weight excluding hydrogens is 450 g/mol. The third kappa shape index (κ3) is 4.86. The lowest BCUT2D eigenvalue weighted by molar-refractivity contribution is -0.142. The molecule has 3 aliphatic rings. The number of rotatable bonds is 8. The second kappa shape index (κ2) is 10.1. The number of pyridine rings is 1. The molecule has 0 unspecified atom stereocenters. The van der Waals surface area contributed by atoms with Crippen molar-refractivity contribution in [3.63, 3.8) is 0 Å². The highest BCUT2D eigenvalue weighted by Gasteiger charge is 2.43. The third-order valence-corrected chi connectivity index (χ3v) is 7.83. The average molecular weight is 486 g/mol. The van der Waals surface area contributed by atoms with Gasteiger partial charge < -0.3 is 25.1 Å². The Balaban J connectivity index is 1.36. The van der Waals surface area contributed by atoms with Crippen molar-refractivity contribution in [1.29, 1.82) is 0 Å². The van der Waals surface area contributed by atoms with Crippen LogP contribution in [0.2, 0.25) is 0 Å². The fourth-order valence-corrected chi connectivity index (χ4v) is 5.76. The summed E-state index contributed by atoms with van der Waals surface area (Å²) in [5.41, 5.74) is 3.30. The Morgan fingerprint density at radius 2 is 2.00 bits per heavy atom. The minimum atomic E-state index is -0.695. The lowest BCUT2D eigenvalue weighted by Gasteiger charge is -2.34. The van der Waals surface area contributed by atoms with Crippen molar-refractivity contribution in [2.75, 3.05) is 18.5 Å². The summed E-state index contributed by atoms with van der Waals surface area (Å²) in [5, 5.41) is 32.1. The van der Waals surface area contributed by atoms with Crippen molar-refractivity contribution < 1.29 is 24.6 Å². The Morgan fingerprint density at radius 3 is 2.69 bits per heavy atom. The van der Waals surface area contributed by atoms with Gasteiger partial charge in [0.15, 0.2) is 5.65 Å². The fraction of sp³-hybridized carbons (Fsp3) is 0.680. The summed E-state index contributed by atoms with van der Waals surface area (Å²) < 4.78 is 7.61. The van der Waals surface area contributed by atoms with Gasteiger partial charge in [0.2, 0.25) is 0 Å². The molecule has 1 spiro atoms. The maximum Gasteiger partial charge on any atom is 0.306 e. The number of aliphatic hydroxyl groups excluding tert-OH is 1. The molecular formula is C25H35N5O5. The Morgan fingerprint density at radius 1 is 1.23 bits per heavy atom. The predicted octanol–water partition coefficient (Wildman–Crippen LogP) is 3.32. The molecule has 2 aromatic rings. The summed E-state index contributed by atoms with van der Waals surface area (Å²) in [4.78, 5) is 22.2. The number of fused-ring (bicyclic) bond motifs is 1. The number of hydrogen-bond donors (Lipinski definition) is 3. The zero-order chi connectivity index (χ0) is 24.4. The summed E-state index contributed by atoms with van der Waals surface area (Å²) in [6.07, 6.45) is 11.1. The monoisotopic (exact) mass is 485 g/mol. The van der Waals surface area contributed by atoms with Gasteiger partial charge in [0, 0.05) is 30.8 Å². The molecule has 10 heteroatoms. The average Bonchev–Trinajstić information content (AvgIpc) is 3.49. The number of nitrogens with zero attached hydrogens (tertiary/aromatic N) is 4. The van der Waals surface area contributed by atoms with Gasteiger partial charge in [0.25, 0.3) is 0 Å². The molecule has 0 atom stereocenters. The predicted molar refractivity (Wildman–Crippen MR) is 130 cm³/mol. The summed E-state index contributed by atoms with van der Waals surface area (Å²) in [6, 6.07) is 0.191. The van der Waals surface area contributed by atoms with E-state index in [1.165, 1.54) is 0 Å². The number of aliphatic carboxylic acids is 1. The summed E-state index contributed by atoms with van der Waals surface area (Å²) >= 11 is 0. The largest absolute Gasteiger partial charge is 0.481 e. The van der Waals surface area contributed by atoms with Crippen molar-refractivity contribution in [3.8, 4) is 0 Å². The zero-order valence-corrected chi connectivity index (χ0v) is 20.3. The van der Waals surface area contributed by atoms with Gasteiger partial charge in [0.1, 0.15) is 5.60 Å². The highest BCUT2D eigenvalue weighted by Crippen LogP contribution is 2.42. The number of carboxylic acids is 1. The molecule has 3 N–H and O–H groups in total. The van der Waals surface area contributed by atoms with Crippen LogP contribution in [0.4, 0.5) is 5.69 Å². The minimum Gasteiger partial charge on any atom is -0.481 e. The van der Waals surface area contributed by atoms with Gasteiger partial charge in [-0.05, 0) is 58.3 Å². The Bertz CT molecular complexity index is 1080. The van der Waals surface area contributed by atoms with Crippen LogP contribution in [0.3, 0.4) is 0 Å². The molecule has 0 saturated heterocycles. The van der Waals surface area contributed by atoms with Gasteiger partial charge >= 0.3 is 5.97 Å². The zero-order valence-electron chi connectivity index (χ0n) is 20.3. The van der Waals surface area contributed by atoms with Crippen LogP contribution in [0.25, 0.3) is 11.0 Å². The van der Waals surface area contributed by atoms with E-state index in [9.17, 15) is 9.90 Å². The highest BCUT2D eigenvalue weighted by atomic mass is 16.7. The van der Waals surface area contributed by atoms with Crippen LogP contribution in [0.5, 0.6) is 0 Å². The van der Waals surface area contributed by atoms with Gasteiger partial charge in [0.05, 0.1) is 48.2 Å². The van der Waals surface area contributed by atoms with E-state index in [1.807, 2.05) is 24.0 Å². The first-order chi connectivity index (χ1) is 17.0. The van der Waals surface area contributed by atoms with E-state index in [1.54, 1.807) is 0 Å². The molecule has 0 amide bonds.